The maximum atomic E-state index is 12.7. The van der Waals surface area contributed by atoms with Gasteiger partial charge >= 0.3 is 6.03 Å². The van der Waals surface area contributed by atoms with Crippen LogP contribution >= 0.6 is 0 Å². The molecule has 0 aromatic heterocycles. The summed E-state index contributed by atoms with van der Waals surface area (Å²) < 4.78 is 0. The van der Waals surface area contributed by atoms with Gasteiger partial charge in [0.1, 0.15) is 6.04 Å². The van der Waals surface area contributed by atoms with E-state index in [0.717, 1.165) is 5.56 Å². The summed E-state index contributed by atoms with van der Waals surface area (Å²) in [6.07, 6.45) is 0.543. The van der Waals surface area contributed by atoms with Crippen molar-refractivity contribution in [3.8, 4) is 0 Å². The maximum Gasteiger partial charge on any atom is 0.322 e. The van der Waals surface area contributed by atoms with E-state index < -0.39 is 11.9 Å². The number of anilines is 1. The molecule has 2 aliphatic rings. The van der Waals surface area contributed by atoms with Crippen LogP contribution in [0, 0.1) is 0 Å². The van der Waals surface area contributed by atoms with Gasteiger partial charge in [0.25, 0.3) is 5.91 Å². The number of amides is 5. The summed E-state index contributed by atoms with van der Waals surface area (Å²) >= 11 is 0. The van der Waals surface area contributed by atoms with Crippen molar-refractivity contribution in [2.75, 3.05) is 12.4 Å². The van der Waals surface area contributed by atoms with Gasteiger partial charge in [0.2, 0.25) is 11.8 Å². The van der Waals surface area contributed by atoms with Crippen LogP contribution in [0.25, 0.3) is 0 Å². The fourth-order valence-corrected chi connectivity index (χ4v) is 3.16. The molecule has 0 spiro atoms. The monoisotopic (exact) mass is 372 g/mol. The lowest BCUT2D eigenvalue weighted by molar-refractivity contribution is -0.136. The molecule has 1 unspecified atom stereocenters. The predicted molar refractivity (Wildman–Crippen MR) is 99.0 cm³/mol. The van der Waals surface area contributed by atoms with Crippen molar-refractivity contribution >= 4 is 29.4 Å². The fraction of sp³-hybridized carbons (Fsp3) is 0.474. The van der Waals surface area contributed by atoms with E-state index in [1.807, 2.05) is 20.8 Å². The number of fused-ring (bicyclic) bond motifs is 1. The van der Waals surface area contributed by atoms with Gasteiger partial charge < -0.3 is 15.1 Å². The number of nitrogens with zero attached hydrogens (tertiary/aromatic N) is 2. The van der Waals surface area contributed by atoms with Gasteiger partial charge in [0.05, 0.1) is 0 Å². The first-order valence-corrected chi connectivity index (χ1v) is 8.90. The minimum Gasteiger partial charge on any atom is -0.323 e. The Hall–Kier alpha value is -2.90. The molecule has 1 atom stereocenters. The van der Waals surface area contributed by atoms with Gasteiger partial charge in [-0.15, -0.1) is 0 Å². The van der Waals surface area contributed by atoms with E-state index in [1.165, 1.54) is 4.90 Å². The zero-order valence-electron chi connectivity index (χ0n) is 16.0. The van der Waals surface area contributed by atoms with Crippen LogP contribution in [0.1, 0.15) is 49.5 Å². The average molecular weight is 372 g/mol. The second-order valence-electron chi connectivity index (χ2n) is 7.93. The summed E-state index contributed by atoms with van der Waals surface area (Å²) in [5.41, 5.74) is 1.54. The molecular weight excluding hydrogens is 348 g/mol. The Morgan fingerprint density at radius 3 is 2.59 bits per heavy atom. The van der Waals surface area contributed by atoms with Crippen molar-refractivity contribution in [3.05, 3.63) is 29.3 Å². The molecule has 0 bridgehead atoms. The van der Waals surface area contributed by atoms with E-state index in [4.69, 9.17) is 0 Å². The summed E-state index contributed by atoms with van der Waals surface area (Å²) in [6.45, 7) is 6.09. The summed E-state index contributed by atoms with van der Waals surface area (Å²) in [5, 5.41) is 5.12. The Balaban J connectivity index is 1.75. The van der Waals surface area contributed by atoms with Crippen LogP contribution in [0.3, 0.4) is 0 Å². The zero-order valence-corrected chi connectivity index (χ0v) is 16.0. The lowest BCUT2D eigenvalue weighted by Gasteiger charge is -2.32. The quantitative estimate of drug-likeness (QED) is 0.772. The second kappa shape index (κ2) is 6.68. The van der Waals surface area contributed by atoms with E-state index >= 15 is 0 Å². The molecule has 2 heterocycles. The number of carbonyl (C=O) groups is 4. The highest BCUT2D eigenvalue weighted by Gasteiger charge is 2.39. The average Bonchev–Trinajstić information content (AvgIpc) is 2.89. The molecule has 5 amide bonds. The van der Waals surface area contributed by atoms with Crippen molar-refractivity contribution < 1.29 is 19.2 Å². The summed E-state index contributed by atoms with van der Waals surface area (Å²) in [5.74, 6) is -0.981. The van der Waals surface area contributed by atoms with E-state index in [0.29, 0.717) is 17.7 Å². The standard InChI is InChI=1S/C19H24N4O4/c1-19(2,3)22(4)18(27)20-12-5-6-13-11(9-12)10-23(17(13)26)14-7-8-15(24)21-16(14)25/h5-6,9,14H,7-8,10H2,1-4H3,(H,20,27)(H,21,24,25). The molecule has 3 rings (SSSR count). The smallest absolute Gasteiger partial charge is 0.322 e. The highest BCUT2D eigenvalue weighted by Crippen LogP contribution is 2.29. The Labute approximate surface area is 157 Å². The third kappa shape index (κ3) is 3.65. The number of piperidine rings is 1. The van der Waals surface area contributed by atoms with Gasteiger partial charge in [-0.2, -0.15) is 0 Å². The van der Waals surface area contributed by atoms with Crippen LogP contribution in [-0.2, 0) is 16.1 Å². The fourth-order valence-electron chi connectivity index (χ4n) is 3.16. The van der Waals surface area contributed by atoms with Crippen LogP contribution in [-0.4, -0.2) is 52.2 Å². The molecule has 0 saturated carbocycles. The predicted octanol–water partition coefficient (Wildman–Crippen LogP) is 1.71. The first-order chi connectivity index (χ1) is 12.6. The molecule has 1 fully saturated rings. The van der Waals surface area contributed by atoms with Crippen LogP contribution < -0.4 is 10.6 Å². The molecule has 8 nitrogen and oxygen atoms in total. The van der Waals surface area contributed by atoms with Crippen molar-refractivity contribution in [1.29, 1.82) is 0 Å². The normalized spacial score (nSPS) is 19.6. The van der Waals surface area contributed by atoms with Gasteiger partial charge in [0.15, 0.2) is 0 Å². The first kappa shape index (κ1) is 18.9. The number of hydrogen-bond donors (Lipinski definition) is 2. The van der Waals surface area contributed by atoms with Crippen molar-refractivity contribution in [1.82, 2.24) is 15.1 Å². The van der Waals surface area contributed by atoms with Crippen LogP contribution in [0.2, 0.25) is 0 Å². The lowest BCUT2D eigenvalue weighted by Crippen LogP contribution is -2.52. The van der Waals surface area contributed by atoms with Gasteiger partial charge in [-0.3, -0.25) is 19.7 Å². The van der Waals surface area contributed by atoms with Gasteiger partial charge in [-0.1, -0.05) is 0 Å². The lowest BCUT2D eigenvalue weighted by atomic mass is 10.0. The Morgan fingerprint density at radius 2 is 1.96 bits per heavy atom. The van der Waals surface area contributed by atoms with Gasteiger partial charge in [-0.05, 0) is 51.0 Å². The minimum atomic E-state index is -0.646. The first-order valence-electron chi connectivity index (χ1n) is 8.90. The third-order valence-corrected chi connectivity index (χ3v) is 5.09. The molecule has 144 valence electrons. The number of imide groups is 1. The molecule has 1 saturated heterocycles. The highest BCUT2D eigenvalue weighted by molar-refractivity contribution is 6.05. The molecule has 1 aromatic rings. The molecular formula is C19H24N4O4. The zero-order chi connectivity index (χ0) is 19.9. The van der Waals surface area contributed by atoms with Crippen molar-refractivity contribution in [2.45, 2.75) is 51.7 Å². The van der Waals surface area contributed by atoms with E-state index in [9.17, 15) is 19.2 Å². The van der Waals surface area contributed by atoms with E-state index in [2.05, 4.69) is 10.6 Å². The number of benzene rings is 1. The molecule has 2 aliphatic heterocycles. The number of urea groups is 1. The number of rotatable bonds is 2. The SMILES string of the molecule is CN(C(=O)Nc1ccc2c(c1)CN(C1CCC(=O)NC1=O)C2=O)C(C)(C)C. The number of hydrogen-bond acceptors (Lipinski definition) is 4. The largest absolute Gasteiger partial charge is 0.323 e. The third-order valence-electron chi connectivity index (χ3n) is 5.09. The van der Waals surface area contributed by atoms with Crippen molar-refractivity contribution in [3.63, 3.8) is 0 Å². The second-order valence-corrected chi connectivity index (χ2v) is 7.93. The summed E-state index contributed by atoms with van der Waals surface area (Å²) in [7, 11) is 1.72. The Bertz CT molecular complexity index is 827. The summed E-state index contributed by atoms with van der Waals surface area (Å²) in [4.78, 5) is 51.5. The Kier molecular flexibility index (Phi) is 4.67. The van der Waals surface area contributed by atoms with E-state index in [-0.39, 0.29) is 36.3 Å². The van der Waals surface area contributed by atoms with Crippen molar-refractivity contribution in [2.24, 2.45) is 0 Å². The molecule has 8 heteroatoms. The Morgan fingerprint density at radius 1 is 1.26 bits per heavy atom. The molecule has 1 aromatic carbocycles. The topological polar surface area (TPSA) is 98.8 Å². The summed E-state index contributed by atoms with van der Waals surface area (Å²) in [6, 6.07) is 4.21. The van der Waals surface area contributed by atoms with Crippen LogP contribution in [0.4, 0.5) is 10.5 Å². The van der Waals surface area contributed by atoms with Crippen LogP contribution in [0.15, 0.2) is 18.2 Å². The highest BCUT2D eigenvalue weighted by atomic mass is 16.2. The van der Waals surface area contributed by atoms with Gasteiger partial charge in [0, 0.05) is 36.8 Å². The molecule has 27 heavy (non-hydrogen) atoms. The minimum absolute atomic E-state index is 0.219. The van der Waals surface area contributed by atoms with E-state index in [1.54, 1.807) is 30.1 Å². The maximum absolute atomic E-state index is 12.7. The van der Waals surface area contributed by atoms with Gasteiger partial charge in [-0.25, -0.2) is 4.79 Å². The number of carbonyl (C=O) groups excluding carboxylic acids is 4. The van der Waals surface area contributed by atoms with Crippen LogP contribution in [0.5, 0.6) is 0 Å². The molecule has 0 radical (unpaired) electrons. The number of nitrogens with one attached hydrogen (secondary N) is 2. The molecule has 2 N–H and O–H groups in total. The molecule has 0 aliphatic carbocycles.